The molecule has 124 valence electrons. The maximum Gasteiger partial charge on any atom is 0.240 e. The van der Waals surface area contributed by atoms with Crippen molar-refractivity contribution in [2.75, 3.05) is 25.5 Å². The average Bonchev–Trinajstić information content (AvgIpc) is 2.53. The van der Waals surface area contributed by atoms with Crippen LogP contribution in [0.3, 0.4) is 0 Å². The molecule has 1 atom stereocenters. The highest BCUT2D eigenvalue weighted by Gasteiger charge is 2.16. The highest BCUT2D eigenvalue weighted by atomic mass is 32.2. The van der Waals surface area contributed by atoms with Crippen LogP contribution in [0.15, 0.2) is 53.4 Å². The molecule has 23 heavy (non-hydrogen) atoms. The molecule has 2 rings (SSSR count). The van der Waals surface area contributed by atoms with Gasteiger partial charge < -0.3 is 10.0 Å². The van der Waals surface area contributed by atoms with Crippen LogP contribution in [0.25, 0.3) is 0 Å². The molecule has 0 aromatic heterocycles. The molecule has 0 heterocycles. The summed E-state index contributed by atoms with van der Waals surface area (Å²) in [6.45, 7) is -0.166. The minimum Gasteiger partial charge on any atom is -0.387 e. The van der Waals surface area contributed by atoms with Crippen LogP contribution in [-0.2, 0) is 10.0 Å². The van der Waals surface area contributed by atoms with Gasteiger partial charge in [0.2, 0.25) is 10.0 Å². The summed E-state index contributed by atoms with van der Waals surface area (Å²) in [6.07, 6.45) is -0.971. The molecule has 5 nitrogen and oxygen atoms in total. The Morgan fingerprint density at radius 1 is 1.09 bits per heavy atom. The lowest BCUT2D eigenvalue weighted by Crippen LogP contribution is -2.28. The highest BCUT2D eigenvalue weighted by molar-refractivity contribution is 7.89. The lowest BCUT2D eigenvalue weighted by molar-refractivity contribution is 0.182. The van der Waals surface area contributed by atoms with Gasteiger partial charge in [-0.15, -0.1) is 0 Å². The van der Waals surface area contributed by atoms with Crippen molar-refractivity contribution < 1.29 is 17.9 Å². The summed E-state index contributed by atoms with van der Waals surface area (Å²) >= 11 is 0. The molecule has 0 aliphatic carbocycles. The molecule has 0 amide bonds. The first-order valence-corrected chi connectivity index (χ1v) is 8.48. The summed E-state index contributed by atoms with van der Waals surface area (Å²) < 4.78 is 39.3. The van der Waals surface area contributed by atoms with E-state index in [0.717, 1.165) is 17.8 Å². The number of sulfonamides is 1. The van der Waals surface area contributed by atoms with Gasteiger partial charge in [-0.3, -0.25) is 0 Å². The number of benzene rings is 2. The van der Waals surface area contributed by atoms with Gasteiger partial charge >= 0.3 is 0 Å². The SMILES string of the molecule is CN(C)c1ccc(C(O)CNS(=O)(=O)c2ccc(F)cc2)cc1. The Hall–Kier alpha value is -1.96. The minimum absolute atomic E-state index is 0.0472. The molecule has 0 spiro atoms. The summed E-state index contributed by atoms with van der Waals surface area (Å²) in [6, 6.07) is 11.7. The first-order valence-electron chi connectivity index (χ1n) is 7.00. The molecule has 2 N–H and O–H groups in total. The number of hydrogen-bond donors (Lipinski definition) is 2. The van der Waals surface area contributed by atoms with Crippen LogP contribution in [0.5, 0.6) is 0 Å². The Morgan fingerprint density at radius 2 is 1.65 bits per heavy atom. The van der Waals surface area contributed by atoms with E-state index in [-0.39, 0.29) is 11.4 Å². The molecule has 0 saturated carbocycles. The van der Waals surface area contributed by atoms with Crippen LogP contribution in [0.1, 0.15) is 11.7 Å². The fraction of sp³-hybridized carbons (Fsp3) is 0.250. The summed E-state index contributed by atoms with van der Waals surface area (Å²) in [5.74, 6) is -0.509. The number of anilines is 1. The molecule has 2 aromatic carbocycles. The smallest absolute Gasteiger partial charge is 0.240 e. The summed E-state index contributed by atoms with van der Waals surface area (Å²) in [7, 11) is 0.0234. The lowest BCUT2D eigenvalue weighted by atomic mass is 10.1. The molecular weight excluding hydrogens is 319 g/mol. The third-order valence-corrected chi connectivity index (χ3v) is 4.82. The third-order valence-electron chi connectivity index (χ3n) is 3.38. The Labute approximate surface area is 135 Å². The molecule has 0 saturated heterocycles. The van der Waals surface area contributed by atoms with Gasteiger partial charge in [0.05, 0.1) is 11.0 Å². The van der Waals surface area contributed by atoms with Crippen LogP contribution in [-0.4, -0.2) is 34.2 Å². The van der Waals surface area contributed by atoms with Crippen LogP contribution >= 0.6 is 0 Å². The summed E-state index contributed by atoms with van der Waals surface area (Å²) in [4.78, 5) is 1.88. The molecule has 0 radical (unpaired) electrons. The van der Waals surface area contributed by atoms with E-state index in [1.54, 1.807) is 12.1 Å². The van der Waals surface area contributed by atoms with E-state index in [9.17, 15) is 17.9 Å². The van der Waals surface area contributed by atoms with E-state index < -0.39 is 21.9 Å². The lowest BCUT2D eigenvalue weighted by Gasteiger charge is -2.16. The molecular formula is C16H19FN2O3S. The molecule has 7 heteroatoms. The number of nitrogens with one attached hydrogen (secondary N) is 1. The van der Waals surface area contributed by atoms with Crippen LogP contribution in [0, 0.1) is 5.82 Å². The zero-order valence-corrected chi connectivity index (χ0v) is 13.7. The molecule has 0 bridgehead atoms. The van der Waals surface area contributed by atoms with Gasteiger partial charge in [-0.2, -0.15) is 0 Å². The van der Waals surface area contributed by atoms with Gasteiger partial charge in [0, 0.05) is 26.3 Å². The first-order chi connectivity index (χ1) is 10.8. The average molecular weight is 338 g/mol. The fourth-order valence-corrected chi connectivity index (χ4v) is 3.04. The predicted molar refractivity (Wildman–Crippen MR) is 87.3 cm³/mol. The Kier molecular flexibility index (Phi) is 5.35. The zero-order chi connectivity index (χ0) is 17.0. The first kappa shape index (κ1) is 17.4. The molecule has 1 unspecified atom stereocenters. The maximum absolute atomic E-state index is 12.8. The number of halogens is 1. The van der Waals surface area contributed by atoms with Crippen LogP contribution < -0.4 is 9.62 Å². The molecule has 0 aliphatic heterocycles. The van der Waals surface area contributed by atoms with Gasteiger partial charge in [-0.25, -0.2) is 17.5 Å². The number of rotatable bonds is 6. The second kappa shape index (κ2) is 7.08. The monoisotopic (exact) mass is 338 g/mol. The Bertz CT molecular complexity index is 744. The zero-order valence-electron chi connectivity index (χ0n) is 12.9. The largest absolute Gasteiger partial charge is 0.387 e. The number of nitrogens with zero attached hydrogens (tertiary/aromatic N) is 1. The highest BCUT2D eigenvalue weighted by Crippen LogP contribution is 2.18. The third kappa shape index (κ3) is 4.51. The predicted octanol–water partition coefficient (Wildman–Crippen LogP) is 1.90. The van der Waals surface area contributed by atoms with Crippen molar-refractivity contribution in [2.45, 2.75) is 11.0 Å². The number of aliphatic hydroxyl groups excluding tert-OH is 1. The van der Waals surface area contributed by atoms with Crippen molar-refractivity contribution >= 4 is 15.7 Å². The van der Waals surface area contributed by atoms with Crippen molar-refractivity contribution in [3.8, 4) is 0 Å². The van der Waals surface area contributed by atoms with Crippen LogP contribution in [0.4, 0.5) is 10.1 Å². The topological polar surface area (TPSA) is 69.6 Å². The van der Waals surface area contributed by atoms with E-state index in [2.05, 4.69) is 4.72 Å². The van der Waals surface area contributed by atoms with Gasteiger partial charge in [0.1, 0.15) is 5.82 Å². The Balaban J connectivity index is 2.03. The summed E-state index contributed by atoms with van der Waals surface area (Å²) in [5.41, 5.74) is 1.59. The standard InChI is InChI=1S/C16H19FN2O3S/c1-19(2)14-7-3-12(4-8-14)16(20)11-18-23(21,22)15-9-5-13(17)6-10-15/h3-10,16,18,20H,11H2,1-2H3. The van der Waals surface area contributed by atoms with E-state index in [0.29, 0.717) is 5.56 Å². The second-order valence-electron chi connectivity index (χ2n) is 5.31. The molecule has 0 fully saturated rings. The van der Waals surface area contributed by atoms with Crippen molar-refractivity contribution in [2.24, 2.45) is 0 Å². The van der Waals surface area contributed by atoms with Crippen molar-refractivity contribution in [1.29, 1.82) is 0 Å². The van der Waals surface area contributed by atoms with E-state index in [1.165, 1.54) is 12.1 Å². The quantitative estimate of drug-likeness (QED) is 0.844. The normalized spacial score (nSPS) is 12.9. The van der Waals surface area contributed by atoms with Crippen molar-refractivity contribution in [3.63, 3.8) is 0 Å². The fourth-order valence-electron chi connectivity index (χ4n) is 2.00. The maximum atomic E-state index is 12.8. The summed E-state index contributed by atoms with van der Waals surface area (Å²) in [5, 5.41) is 10.1. The Morgan fingerprint density at radius 3 is 2.17 bits per heavy atom. The number of hydrogen-bond acceptors (Lipinski definition) is 4. The van der Waals surface area contributed by atoms with E-state index in [1.807, 2.05) is 31.1 Å². The van der Waals surface area contributed by atoms with Crippen LogP contribution in [0.2, 0.25) is 0 Å². The van der Waals surface area contributed by atoms with Gasteiger partial charge in [-0.1, -0.05) is 12.1 Å². The molecule has 2 aromatic rings. The van der Waals surface area contributed by atoms with Gasteiger partial charge in [0.15, 0.2) is 0 Å². The second-order valence-corrected chi connectivity index (χ2v) is 7.07. The van der Waals surface area contributed by atoms with Crippen molar-refractivity contribution in [1.82, 2.24) is 4.72 Å². The van der Waals surface area contributed by atoms with Gasteiger partial charge in [0.25, 0.3) is 0 Å². The van der Waals surface area contributed by atoms with E-state index in [4.69, 9.17) is 0 Å². The van der Waals surface area contributed by atoms with Gasteiger partial charge in [-0.05, 0) is 42.0 Å². The number of aliphatic hydroxyl groups is 1. The molecule has 0 aliphatic rings. The minimum atomic E-state index is -3.79. The van der Waals surface area contributed by atoms with E-state index >= 15 is 0 Å². The van der Waals surface area contributed by atoms with Crippen molar-refractivity contribution in [3.05, 3.63) is 59.9 Å².